The highest BCUT2D eigenvalue weighted by Gasteiger charge is 2.15. The molecule has 0 amide bonds. The van der Waals surface area contributed by atoms with E-state index in [2.05, 4.69) is 15.1 Å². The maximum atomic E-state index is 10.6. The maximum Gasteiger partial charge on any atom is 0.313 e. The summed E-state index contributed by atoms with van der Waals surface area (Å²) < 4.78 is 1.82. The number of aliphatic hydroxyl groups is 1. The quantitative estimate of drug-likeness (QED) is 0.706. The number of carboxylic acid groups (broad SMARTS) is 1. The summed E-state index contributed by atoms with van der Waals surface area (Å²) in [6.07, 6.45) is 3.76. The minimum absolute atomic E-state index is 0.0483. The molecule has 0 unspecified atom stereocenters. The molecule has 1 saturated heterocycles. The van der Waals surface area contributed by atoms with Gasteiger partial charge in [-0.25, -0.2) is 0 Å². The van der Waals surface area contributed by atoms with Crippen LogP contribution in [0.4, 0.5) is 0 Å². The topological polar surface area (TPSA) is 91.5 Å². The number of aliphatic hydroxyl groups excluding tert-OH is 1. The molecule has 1 aromatic heterocycles. The summed E-state index contributed by atoms with van der Waals surface area (Å²) in [5.41, 5.74) is 0. The summed E-state index contributed by atoms with van der Waals surface area (Å²) in [5.74, 6) is -0.436. The molecule has 0 radical (unpaired) electrons. The summed E-state index contributed by atoms with van der Waals surface area (Å²) in [6, 6.07) is 0. The third-order valence-corrected chi connectivity index (χ3v) is 4.30. The number of piperidine rings is 1. The van der Waals surface area contributed by atoms with Gasteiger partial charge in [-0.1, -0.05) is 18.2 Å². The number of hydrogen-bond donors (Lipinski definition) is 2. The van der Waals surface area contributed by atoms with Crippen LogP contribution in [0.3, 0.4) is 0 Å². The Hall–Kier alpha value is -1.12. The minimum Gasteiger partial charge on any atom is -0.481 e. The van der Waals surface area contributed by atoms with E-state index in [9.17, 15) is 9.90 Å². The lowest BCUT2D eigenvalue weighted by Gasteiger charge is -2.26. The summed E-state index contributed by atoms with van der Waals surface area (Å²) in [6.45, 7) is 3.60. The van der Waals surface area contributed by atoms with E-state index < -0.39 is 5.97 Å². The fourth-order valence-electron chi connectivity index (χ4n) is 2.32. The third-order valence-electron chi connectivity index (χ3n) is 3.35. The van der Waals surface area contributed by atoms with Crippen LogP contribution < -0.4 is 0 Å². The van der Waals surface area contributed by atoms with E-state index in [1.54, 1.807) is 0 Å². The number of aliphatic carboxylic acids is 1. The van der Waals surface area contributed by atoms with Crippen molar-refractivity contribution >= 4 is 17.7 Å². The van der Waals surface area contributed by atoms with Crippen LogP contribution in [0.2, 0.25) is 0 Å². The van der Waals surface area contributed by atoms with Crippen molar-refractivity contribution in [2.24, 2.45) is 0 Å². The second kappa shape index (κ2) is 7.61. The minimum atomic E-state index is -0.883. The average Bonchev–Trinajstić information content (AvgIpc) is 2.86. The largest absolute Gasteiger partial charge is 0.481 e. The second-order valence-corrected chi connectivity index (χ2v) is 5.74. The van der Waals surface area contributed by atoms with Gasteiger partial charge in [-0.2, -0.15) is 0 Å². The molecule has 0 aliphatic carbocycles. The zero-order valence-corrected chi connectivity index (χ0v) is 12.2. The Kier molecular flexibility index (Phi) is 5.81. The van der Waals surface area contributed by atoms with Gasteiger partial charge in [0.1, 0.15) is 6.61 Å². The summed E-state index contributed by atoms with van der Waals surface area (Å²) in [7, 11) is 0. The Morgan fingerprint density at radius 1 is 1.20 bits per heavy atom. The van der Waals surface area contributed by atoms with Crippen LogP contribution in [-0.4, -0.2) is 61.2 Å². The van der Waals surface area contributed by atoms with Crippen molar-refractivity contribution in [3.8, 4) is 0 Å². The number of carboxylic acids is 1. The molecule has 2 heterocycles. The van der Waals surface area contributed by atoms with Crippen molar-refractivity contribution in [2.75, 3.05) is 25.4 Å². The molecule has 0 bridgehead atoms. The Morgan fingerprint density at radius 2 is 1.95 bits per heavy atom. The lowest BCUT2D eigenvalue weighted by molar-refractivity contribution is -0.133. The van der Waals surface area contributed by atoms with E-state index >= 15 is 0 Å². The summed E-state index contributed by atoms with van der Waals surface area (Å²) in [5, 5.41) is 26.4. The van der Waals surface area contributed by atoms with Crippen LogP contribution in [0.15, 0.2) is 5.16 Å². The lowest BCUT2D eigenvalue weighted by atomic mass is 10.1. The molecule has 8 heteroatoms. The zero-order chi connectivity index (χ0) is 14.4. The molecular weight excluding hydrogens is 280 g/mol. The molecule has 1 aromatic rings. The number of rotatable bonds is 7. The van der Waals surface area contributed by atoms with Crippen molar-refractivity contribution < 1.29 is 15.0 Å². The fourth-order valence-corrected chi connectivity index (χ4v) is 3.02. The first-order valence-electron chi connectivity index (χ1n) is 6.80. The van der Waals surface area contributed by atoms with E-state index in [1.165, 1.54) is 19.3 Å². The summed E-state index contributed by atoms with van der Waals surface area (Å²) >= 11 is 1.14. The van der Waals surface area contributed by atoms with Crippen LogP contribution in [0.5, 0.6) is 0 Å². The number of aromatic nitrogens is 3. The Bertz CT molecular complexity index is 446. The first kappa shape index (κ1) is 15.3. The molecule has 0 atom stereocenters. The molecule has 1 fully saturated rings. The standard InChI is InChI=1S/C12H20N4O3S/c17-8-10-13-14-12(20-9-11(18)19)16(10)7-6-15-4-2-1-3-5-15/h17H,1-9H2,(H,18,19). The van der Waals surface area contributed by atoms with E-state index in [0.717, 1.165) is 31.4 Å². The highest BCUT2D eigenvalue weighted by molar-refractivity contribution is 7.99. The number of hydrogen-bond acceptors (Lipinski definition) is 6. The number of thioether (sulfide) groups is 1. The van der Waals surface area contributed by atoms with Gasteiger partial charge in [-0.05, 0) is 25.9 Å². The molecule has 112 valence electrons. The van der Waals surface area contributed by atoms with Gasteiger partial charge in [-0.3, -0.25) is 4.79 Å². The molecule has 0 spiro atoms. The molecule has 2 rings (SSSR count). The van der Waals surface area contributed by atoms with Gasteiger partial charge < -0.3 is 19.7 Å². The lowest BCUT2D eigenvalue weighted by Crippen LogP contribution is -2.33. The van der Waals surface area contributed by atoms with Crippen LogP contribution >= 0.6 is 11.8 Å². The van der Waals surface area contributed by atoms with E-state index in [4.69, 9.17) is 5.11 Å². The molecule has 1 aliphatic rings. The first-order chi connectivity index (χ1) is 9.70. The third kappa shape index (κ3) is 4.19. The van der Waals surface area contributed by atoms with Gasteiger partial charge in [0.25, 0.3) is 0 Å². The van der Waals surface area contributed by atoms with Gasteiger partial charge in [0.05, 0.1) is 5.75 Å². The smallest absolute Gasteiger partial charge is 0.313 e. The van der Waals surface area contributed by atoms with Crippen molar-refractivity contribution in [2.45, 2.75) is 37.6 Å². The van der Waals surface area contributed by atoms with Gasteiger partial charge in [0.2, 0.25) is 0 Å². The second-order valence-electron chi connectivity index (χ2n) is 4.79. The number of nitrogens with zero attached hydrogens (tertiary/aromatic N) is 4. The van der Waals surface area contributed by atoms with E-state index in [0.29, 0.717) is 17.5 Å². The van der Waals surface area contributed by atoms with Crippen molar-refractivity contribution in [1.29, 1.82) is 0 Å². The molecule has 2 N–H and O–H groups in total. The van der Waals surface area contributed by atoms with E-state index in [-0.39, 0.29) is 12.4 Å². The van der Waals surface area contributed by atoms with Gasteiger partial charge in [0.15, 0.2) is 11.0 Å². The predicted molar refractivity (Wildman–Crippen MR) is 74.6 cm³/mol. The molecule has 1 aliphatic heterocycles. The highest BCUT2D eigenvalue weighted by atomic mass is 32.2. The van der Waals surface area contributed by atoms with Crippen LogP contribution in [0, 0.1) is 0 Å². The molecule has 20 heavy (non-hydrogen) atoms. The summed E-state index contributed by atoms with van der Waals surface area (Å²) in [4.78, 5) is 13.0. The highest BCUT2D eigenvalue weighted by Crippen LogP contribution is 2.17. The van der Waals surface area contributed by atoms with Crippen molar-refractivity contribution in [1.82, 2.24) is 19.7 Å². The van der Waals surface area contributed by atoms with Gasteiger partial charge >= 0.3 is 5.97 Å². The van der Waals surface area contributed by atoms with Crippen molar-refractivity contribution in [3.63, 3.8) is 0 Å². The Morgan fingerprint density at radius 3 is 2.60 bits per heavy atom. The Balaban J connectivity index is 1.96. The van der Waals surface area contributed by atoms with Crippen LogP contribution in [-0.2, 0) is 17.9 Å². The Labute approximate surface area is 122 Å². The van der Waals surface area contributed by atoms with Gasteiger partial charge in [-0.15, -0.1) is 10.2 Å². The fraction of sp³-hybridized carbons (Fsp3) is 0.750. The maximum absolute atomic E-state index is 10.6. The molecule has 7 nitrogen and oxygen atoms in total. The van der Waals surface area contributed by atoms with E-state index in [1.807, 2.05) is 4.57 Å². The molecule has 0 aromatic carbocycles. The number of likely N-dealkylation sites (tertiary alicyclic amines) is 1. The zero-order valence-electron chi connectivity index (χ0n) is 11.4. The average molecular weight is 300 g/mol. The van der Waals surface area contributed by atoms with Crippen molar-refractivity contribution in [3.05, 3.63) is 5.82 Å². The van der Waals surface area contributed by atoms with Gasteiger partial charge in [0, 0.05) is 13.1 Å². The SMILES string of the molecule is O=C(O)CSc1nnc(CO)n1CCN1CCCCC1. The normalized spacial score (nSPS) is 16.4. The predicted octanol–water partition coefficient (Wildman–Crippen LogP) is 0.433. The first-order valence-corrected chi connectivity index (χ1v) is 7.79. The molecular formula is C12H20N4O3S. The monoisotopic (exact) mass is 300 g/mol. The number of carbonyl (C=O) groups is 1. The van der Waals surface area contributed by atoms with Crippen LogP contribution in [0.25, 0.3) is 0 Å². The molecule has 0 saturated carbocycles. The van der Waals surface area contributed by atoms with Crippen LogP contribution in [0.1, 0.15) is 25.1 Å².